The predicted octanol–water partition coefficient (Wildman–Crippen LogP) is 2.42. The molecule has 0 saturated heterocycles. The zero-order valence-electron chi connectivity index (χ0n) is 13.1. The molecule has 1 heterocycles. The van der Waals surface area contributed by atoms with Crippen molar-refractivity contribution in [3.63, 3.8) is 0 Å². The number of hydrogen-bond acceptors (Lipinski definition) is 6. The van der Waals surface area contributed by atoms with Gasteiger partial charge in [-0.2, -0.15) is 4.68 Å². The highest BCUT2D eigenvalue weighted by molar-refractivity contribution is 5.92. The molecule has 1 aromatic heterocycles. The molecule has 24 heavy (non-hydrogen) atoms. The molecule has 0 aliphatic heterocycles. The third-order valence-electron chi connectivity index (χ3n) is 3.27. The Morgan fingerprint density at radius 3 is 2.62 bits per heavy atom. The Morgan fingerprint density at radius 2 is 1.83 bits per heavy atom. The molecule has 0 fully saturated rings. The zero-order chi connectivity index (χ0) is 16.8. The van der Waals surface area contributed by atoms with Gasteiger partial charge in [0.1, 0.15) is 11.3 Å². The van der Waals surface area contributed by atoms with Crippen LogP contribution in [0.15, 0.2) is 54.6 Å². The SMILES string of the molecule is CCOc1ccccc1C(=O)OCc1nnnn1-c1ccccc1. The Labute approximate surface area is 138 Å². The lowest BCUT2D eigenvalue weighted by molar-refractivity contribution is 0.0455. The lowest BCUT2D eigenvalue weighted by Crippen LogP contribution is -2.11. The maximum absolute atomic E-state index is 12.3. The quantitative estimate of drug-likeness (QED) is 0.648. The van der Waals surface area contributed by atoms with Gasteiger partial charge in [-0.15, -0.1) is 5.10 Å². The second kappa shape index (κ2) is 7.36. The predicted molar refractivity (Wildman–Crippen MR) is 85.9 cm³/mol. The van der Waals surface area contributed by atoms with Gasteiger partial charge >= 0.3 is 5.97 Å². The zero-order valence-corrected chi connectivity index (χ0v) is 13.1. The highest BCUT2D eigenvalue weighted by atomic mass is 16.5. The molecule has 0 radical (unpaired) electrons. The highest BCUT2D eigenvalue weighted by Gasteiger charge is 2.16. The van der Waals surface area contributed by atoms with Crippen molar-refractivity contribution in [3.8, 4) is 11.4 Å². The van der Waals surface area contributed by atoms with E-state index in [-0.39, 0.29) is 6.61 Å². The minimum atomic E-state index is -0.485. The van der Waals surface area contributed by atoms with E-state index in [1.807, 2.05) is 37.3 Å². The van der Waals surface area contributed by atoms with Crippen LogP contribution in [0.4, 0.5) is 0 Å². The molecule has 0 saturated carbocycles. The summed E-state index contributed by atoms with van der Waals surface area (Å²) in [5.41, 5.74) is 1.17. The molecule has 0 spiro atoms. The average Bonchev–Trinajstić information content (AvgIpc) is 3.10. The van der Waals surface area contributed by atoms with E-state index in [0.29, 0.717) is 23.7 Å². The van der Waals surface area contributed by atoms with Crippen molar-refractivity contribution in [3.05, 3.63) is 66.0 Å². The van der Waals surface area contributed by atoms with Crippen molar-refractivity contribution >= 4 is 5.97 Å². The van der Waals surface area contributed by atoms with Crippen molar-refractivity contribution < 1.29 is 14.3 Å². The summed E-state index contributed by atoms with van der Waals surface area (Å²) in [5, 5.41) is 11.5. The van der Waals surface area contributed by atoms with E-state index in [0.717, 1.165) is 5.69 Å². The van der Waals surface area contributed by atoms with Crippen molar-refractivity contribution in [1.29, 1.82) is 0 Å². The van der Waals surface area contributed by atoms with E-state index < -0.39 is 5.97 Å². The number of esters is 1. The minimum Gasteiger partial charge on any atom is -0.493 e. The number of hydrogen-bond donors (Lipinski definition) is 0. The van der Waals surface area contributed by atoms with Crippen LogP contribution in [0, 0.1) is 0 Å². The first-order valence-electron chi connectivity index (χ1n) is 7.51. The van der Waals surface area contributed by atoms with Gasteiger partial charge in [-0.25, -0.2) is 4.79 Å². The number of para-hydroxylation sites is 2. The number of ether oxygens (including phenoxy) is 2. The molecule has 7 nitrogen and oxygen atoms in total. The molecule has 3 rings (SSSR count). The van der Waals surface area contributed by atoms with Gasteiger partial charge in [-0.05, 0) is 41.6 Å². The van der Waals surface area contributed by atoms with Crippen LogP contribution in [0.3, 0.4) is 0 Å². The number of tetrazole rings is 1. The van der Waals surface area contributed by atoms with Gasteiger partial charge in [-0.3, -0.25) is 0 Å². The summed E-state index contributed by atoms with van der Waals surface area (Å²) in [6.07, 6.45) is 0. The molecule has 7 heteroatoms. The Balaban J connectivity index is 1.73. The first kappa shape index (κ1) is 15.7. The van der Waals surface area contributed by atoms with E-state index in [4.69, 9.17) is 9.47 Å². The summed E-state index contributed by atoms with van der Waals surface area (Å²) < 4.78 is 12.3. The number of aromatic nitrogens is 4. The number of nitrogens with zero attached hydrogens (tertiary/aromatic N) is 4. The van der Waals surface area contributed by atoms with E-state index in [1.54, 1.807) is 24.3 Å². The number of carbonyl (C=O) groups is 1. The summed E-state index contributed by atoms with van der Waals surface area (Å²) in [6.45, 7) is 2.29. The fourth-order valence-electron chi connectivity index (χ4n) is 2.19. The highest BCUT2D eigenvalue weighted by Crippen LogP contribution is 2.19. The Kier molecular flexibility index (Phi) is 4.81. The normalized spacial score (nSPS) is 10.4. The lowest BCUT2D eigenvalue weighted by Gasteiger charge is -2.10. The first-order valence-corrected chi connectivity index (χ1v) is 7.51. The van der Waals surface area contributed by atoms with Crippen molar-refractivity contribution in [1.82, 2.24) is 20.2 Å². The largest absolute Gasteiger partial charge is 0.493 e. The van der Waals surface area contributed by atoms with Crippen LogP contribution < -0.4 is 4.74 Å². The Bertz CT molecular complexity index is 817. The van der Waals surface area contributed by atoms with Crippen molar-refractivity contribution in [2.75, 3.05) is 6.61 Å². The van der Waals surface area contributed by atoms with Gasteiger partial charge in [0.2, 0.25) is 0 Å². The molecule has 0 unspecified atom stereocenters. The standard InChI is InChI=1S/C17H16N4O3/c1-2-23-15-11-7-6-10-14(15)17(22)24-12-16-18-19-20-21(16)13-8-4-3-5-9-13/h3-11H,2,12H2,1H3. The van der Waals surface area contributed by atoms with E-state index >= 15 is 0 Å². The molecule has 0 aliphatic carbocycles. The molecular formula is C17H16N4O3. The molecule has 122 valence electrons. The van der Waals surface area contributed by atoms with Gasteiger partial charge in [0.05, 0.1) is 12.3 Å². The summed E-state index contributed by atoms with van der Waals surface area (Å²) in [4.78, 5) is 12.3. The smallest absolute Gasteiger partial charge is 0.342 e. The van der Waals surface area contributed by atoms with Gasteiger partial charge in [0.25, 0.3) is 0 Å². The second-order valence-electron chi connectivity index (χ2n) is 4.85. The van der Waals surface area contributed by atoms with Crippen LogP contribution in [0.1, 0.15) is 23.1 Å². The maximum Gasteiger partial charge on any atom is 0.342 e. The van der Waals surface area contributed by atoms with Gasteiger partial charge in [0.15, 0.2) is 12.4 Å². The second-order valence-corrected chi connectivity index (χ2v) is 4.85. The topological polar surface area (TPSA) is 79.1 Å². The third kappa shape index (κ3) is 3.40. The molecule has 0 aliphatic rings. The summed E-state index contributed by atoms with van der Waals surface area (Å²) in [6, 6.07) is 16.3. The maximum atomic E-state index is 12.3. The van der Waals surface area contributed by atoms with Crippen molar-refractivity contribution in [2.24, 2.45) is 0 Å². The lowest BCUT2D eigenvalue weighted by atomic mass is 10.2. The van der Waals surface area contributed by atoms with Gasteiger partial charge in [-0.1, -0.05) is 30.3 Å². The summed E-state index contributed by atoms with van der Waals surface area (Å²) in [7, 11) is 0. The molecule has 3 aromatic rings. The molecule has 2 aromatic carbocycles. The monoisotopic (exact) mass is 324 g/mol. The molecule has 0 amide bonds. The minimum absolute atomic E-state index is 0.0405. The van der Waals surface area contributed by atoms with Gasteiger partial charge in [0, 0.05) is 0 Å². The van der Waals surface area contributed by atoms with Gasteiger partial charge < -0.3 is 9.47 Å². The van der Waals surface area contributed by atoms with E-state index in [9.17, 15) is 4.79 Å². The van der Waals surface area contributed by atoms with Crippen LogP contribution in [-0.4, -0.2) is 32.8 Å². The van der Waals surface area contributed by atoms with Crippen LogP contribution >= 0.6 is 0 Å². The first-order chi connectivity index (χ1) is 11.8. The van der Waals surface area contributed by atoms with E-state index in [2.05, 4.69) is 15.5 Å². The number of rotatable bonds is 6. The fraction of sp³-hybridized carbons (Fsp3) is 0.176. The van der Waals surface area contributed by atoms with Crippen molar-refractivity contribution in [2.45, 2.75) is 13.5 Å². The number of benzene rings is 2. The molecule has 0 atom stereocenters. The molecule has 0 bridgehead atoms. The number of carbonyl (C=O) groups excluding carboxylic acids is 1. The van der Waals surface area contributed by atoms with Crippen LogP contribution in [0.25, 0.3) is 5.69 Å². The Hall–Kier alpha value is -3.22. The molecule has 0 N–H and O–H groups in total. The van der Waals surface area contributed by atoms with Crippen LogP contribution in [0.2, 0.25) is 0 Å². The van der Waals surface area contributed by atoms with E-state index in [1.165, 1.54) is 4.68 Å². The molecular weight excluding hydrogens is 308 g/mol. The summed E-state index contributed by atoms with van der Waals surface area (Å²) >= 11 is 0. The third-order valence-corrected chi connectivity index (χ3v) is 3.27. The average molecular weight is 324 g/mol. The Morgan fingerprint density at radius 1 is 1.08 bits per heavy atom. The van der Waals surface area contributed by atoms with Crippen LogP contribution in [0.5, 0.6) is 5.75 Å². The summed E-state index contributed by atoms with van der Waals surface area (Å²) in [5.74, 6) is 0.442. The fourth-order valence-corrected chi connectivity index (χ4v) is 2.19. The van der Waals surface area contributed by atoms with Crippen LogP contribution in [-0.2, 0) is 11.3 Å².